The Morgan fingerprint density at radius 3 is 2.73 bits per heavy atom. The summed E-state index contributed by atoms with van der Waals surface area (Å²) >= 11 is 5.94. The van der Waals surface area contributed by atoms with Gasteiger partial charge in [-0.05, 0) is 49.6 Å². The number of nitrogens with zero attached hydrogens (tertiary/aromatic N) is 3. The topological polar surface area (TPSA) is 115 Å². The van der Waals surface area contributed by atoms with Crippen molar-refractivity contribution in [2.45, 2.75) is 45.6 Å². The van der Waals surface area contributed by atoms with Crippen molar-refractivity contribution >= 4 is 35.1 Å². The zero-order chi connectivity index (χ0) is 31.5. The van der Waals surface area contributed by atoms with Crippen molar-refractivity contribution in [2.24, 2.45) is 5.92 Å². The van der Waals surface area contributed by atoms with Gasteiger partial charge >= 0.3 is 5.97 Å². The van der Waals surface area contributed by atoms with Crippen molar-refractivity contribution in [3.05, 3.63) is 93.9 Å². The second-order valence-electron chi connectivity index (χ2n) is 10.7. The first-order chi connectivity index (χ1) is 21.1. The van der Waals surface area contributed by atoms with E-state index in [-0.39, 0.29) is 34.2 Å². The molecule has 4 aromatic rings. The van der Waals surface area contributed by atoms with E-state index in [1.165, 1.54) is 30.1 Å². The maximum Gasteiger partial charge on any atom is 0.309 e. The molecule has 2 bridgehead atoms. The maximum atomic E-state index is 15.4. The van der Waals surface area contributed by atoms with Crippen molar-refractivity contribution < 1.29 is 27.9 Å². The van der Waals surface area contributed by atoms with Crippen LogP contribution in [0.1, 0.15) is 59.4 Å². The highest BCUT2D eigenvalue weighted by molar-refractivity contribution is 6.30. The molecule has 0 saturated carbocycles. The Labute approximate surface area is 257 Å². The van der Waals surface area contributed by atoms with Gasteiger partial charge in [-0.15, -0.1) is 0 Å². The smallest absolute Gasteiger partial charge is 0.309 e. The molecular weight excluding hydrogens is 592 g/mol. The third kappa shape index (κ3) is 6.33. The first-order valence-electron chi connectivity index (χ1n) is 14.0. The van der Waals surface area contributed by atoms with Crippen LogP contribution in [0.25, 0.3) is 16.9 Å². The Balaban J connectivity index is 1.51. The van der Waals surface area contributed by atoms with Crippen LogP contribution in [0.2, 0.25) is 5.02 Å². The molecule has 3 heterocycles. The predicted octanol–water partition coefficient (Wildman–Crippen LogP) is 6.12. The number of fused-ring (bicyclic) bond motifs is 4. The molecule has 44 heavy (non-hydrogen) atoms. The number of benzene rings is 2. The first-order valence-corrected chi connectivity index (χ1v) is 14.4. The molecule has 5 rings (SSSR count). The number of esters is 1. The van der Waals surface area contributed by atoms with E-state index in [9.17, 15) is 18.8 Å². The van der Waals surface area contributed by atoms with E-state index in [0.29, 0.717) is 47.5 Å². The average molecular weight is 622 g/mol. The van der Waals surface area contributed by atoms with Crippen LogP contribution in [0.4, 0.5) is 14.5 Å². The molecule has 2 aromatic heterocycles. The molecule has 12 heteroatoms. The molecule has 0 radical (unpaired) electrons. The number of halogens is 3. The highest BCUT2D eigenvalue weighted by Crippen LogP contribution is 2.34. The molecule has 2 amide bonds. The molecule has 2 atom stereocenters. The van der Waals surface area contributed by atoms with Crippen LogP contribution >= 0.6 is 11.6 Å². The van der Waals surface area contributed by atoms with Gasteiger partial charge in [-0.2, -0.15) is 5.10 Å². The molecule has 1 aliphatic rings. The number of nitrogens with one attached hydrogen (secondary N) is 2. The summed E-state index contributed by atoms with van der Waals surface area (Å²) in [7, 11) is 1.30. The summed E-state index contributed by atoms with van der Waals surface area (Å²) in [6.07, 6.45) is 3.72. The standard InChI is InChI=1S/C32H30ClF2N5O4/c1-17-6-4-8-25(38-32(43)22-15-37-40(18(22)2)28-9-5-7-23(33)30(28)35)21-14-26(36-16-24(21)34)20-11-10-19(13-29(41)44-3)12-27(20)39-31(17)42/h5,7,9-12,14-17,25H,4,6,8,13H2,1-3H3,(H,38,43)(H,39,42)/t17-,25-/m0/s1. The van der Waals surface area contributed by atoms with Gasteiger partial charge in [0.15, 0.2) is 5.82 Å². The summed E-state index contributed by atoms with van der Waals surface area (Å²) < 4.78 is 36.1. The molecular formula is C32H30ClF2N5O4. The molecule has 2 aromatic carbocycles. The Morgan fingerprint density at radius 1 is 1.16 bits per heavy atom. The maximum absolute atomic E-state index is 15.4. The Hall–Kier alpha value is -4.64. The number of hydrogen-bond acceptors (Lipinski definition) is 6. The minimum absolute atomic E-state index is 0.00532. The molecule has 9 nitrogen and oxygen atoms in total. The number of rotatable bonds is 5. The van der Waals surface area contributed by atoms with Crippen LogP contribution in [0.3, 0.4) is 0 Å². The fourth-order valence-electron chi connectivity index (χ4n) is 5.22. The summed E-state index contributed by atoms with van der Waals surface area (Å²) in [4.78, 5) is 42.8. The summed E-state index contributed by atoms with van der Waals surface area (Å²) in [6.45, 7) is 3.41. The SMILES string of the molecule is COC(=O)Cc1ccc2c(c1)NC(=O)[C@@H](C)CCC[C@H](NC(=O)c1cnn(-c3cccc(Cl)c3F)c1C)c1cc-2ncc1F. The lowest BCUT2D eigenvalue weighted by Gasteiger charge is -2.23. The predicted molar refractivity (Wildman–Crippen MR) is 160 cm³/mol. The molecule has 0 saturated heterocycles. The van der Waals surface area contributed by atoms with E-state index in [4.69, 9.17) is 16.3 Å². The monoisotopic (exact) mass is 621 g/mol. The Morgan fingerprint density at radius 2 is 1.95 bits per heavy atom. The van der Waals surface area contributed by atoms with Crippen LogP contribution in [0, 0.1) is 24.5 Å². The third-order valence-electron chi connectivity index (χ3n) is 7.75. The van der Waals surface area contributed by atoms with Gasteiger partial charge in [0, 0.05) is 17.0 Å². The normalized spacial score (nSPS) is 16.6. The fraction of sp³-hybridized carbons (Fsp3) is 0.281. The quantitative estimate of drug-likeness (QED) is 0.260. The van der Waals surface area contributed by atoms with E-state index in [1.54, 1.807) is 44.2 Å². The lowest BCUT2D eigenvalue weighted by atomic mass is 9.94. The third-order valence-corrected chi connectivity index (χ3v) is 8.04. The summed E-state index contributed by atoms with van der Waals surface area (Å²) in [5.74, 6) is -2.85. The lowest BCUT2D eigenvalue weighted by molar-refractivity contribution is -0.139. The van der Waals surface area contributed by atoms with E-state index in [1.807, 2.05) is 0 Å². The number of methoxy groups -OCH3 is 1. The average Bonchev–Trinajstić information content (AvgIpc) is 3.38. The highest BCUT2D eigenvalue weighted by Gasteiger charge is 2.26. The second kappa shape index (κ2) is 12.9. The van der Waals surface area contributed by atoms with Gasteiger partial charge in [-0.25, -0.2) is 13.5 Å². The molecule has 0 fully saturated rings. The van der Waals surface area contributed by atoms with Crippen molar-refractivity contribution in [1.82, 2.24) is 20.1 Å². The highest BCUT2D eigenvalue weighted by atomic mass is 35.5. The zero-order valence-electron chi connectivity index (χ0n) is 24.3. The largest absolute Gasteiger partial charge is 0.469 e. The van der Waals surface area contributed by atoms with Crippen LogP contribution in [0.5, 0.6) is 0 Å². The van der Waals surface area contributed by atoms with Crippen molar-refractivity contribution in [3.63, 3.8) is 0 Å². The lowest BCUT2D eigenvalue weighted by Crippen LogP contribution is -2.30. The van der Waals surface area contributed by atoms with E-state index in [2.05, 4.69) is 20.7 Å². The Bertz CT molecular complexity index is 1760. The van der Waals surface area contributed by atoms with Gasteiger partial charge in [-0.3, -0.25) is 19.4 Å². The van der Waals surface area contributed by atoms with E-state index >= 15 is 4.39 Å². The molecule has 0 aliphatic carbocycles. The molecule has 2 N–H and O–H groups in total. The van der Waals surface area contributed by atoms with Crippen molar-refractivity contribution in [1.29, 1.82) is 0 Å². The van der Waals surface area contributed by atoms with Crippen LogP contribution in [-0.2, 0) is 20.7 Å². The number of carbonyl (C=O) groups excluding carboxylic acids is 3. The zero-order valence-corrected chi connectivity index (χ0v) is 25.0. The van der Waals surface area contributed by atoms with Crippen LogP contribution in [-0.4, -0.2) is 39.7 Å². The summed E-state index contributed by atoms with van der Waals surface area (Å²) in [6, 6.07) is 10.4. The number of carbonyl (C=O) groups is 3. The summed E-state index contributed by atoms with van der Waals surface area (Å²) in [5, 5.41) is 9.99. The number of hydrogen-bond donors (Lipinski definition) is 2. The summed E-state index contributed by atoms with van der Waals surface area (Å²) in [5.41, 5.74) is 2.79. The van der Waals surface area contributed by atoms with Crippen LogP contribution in [0.15, 0.2) is 54.9 Å². The van der Waals surface area contributed by atoms with Gasteiger partial charge < -0.3 is 15.4 Å². The molecule has 1 aliphatic heterocycles. The molecule has 228 valence electrons. The van der Waals surface area contributed by atoms with E-state index < -0.39 is 35.5 Å². The number of anilines is 1. The minimum atomic E-state index is -0.772. The second-order valence-corrected chi connectivity index (χ2v) is 11.1. The van der Waals surface area contributed by atoms with Gasteiger partial charge in [0.25, 0.3) is 5.91 Å². The van der Waals surface area contributed by atoms with E-state index in [0.717, 1.165) is 6.20 Å². The van der Waals surface area contributed by atoms with Gasteiger partial charge in [0.05, 0.1) is 59.6 Å². The fourth-order valence-corrected chi connectivity index (χ4v) is 5.39. The van der Waals surface area contributed by atoms with Gasteiger partial charge in [0.1, 0.15) is 11.5 Å². The van der Waals surface area contributed by atoms with Gasteiger partial charge in [-0.1, -0.05) is 43.1 Å². The number of aromatic nitrogens is 3. The minimum Gasteiger partial charge on any atom is -0.469 e. The molecule has 0 unspecified atom stereocenters. The Kier molecular flexibility index (Phi) is 9.05. The molecule has 0 spiro atoms. The number of amides is 2. The first kappa shape index (κ1) is 30.8. The van der Waals surface area contributed by atoms with Crippen LogP contribution < -0.4 is 10.6 Å². The van der Waals surface area contributed by atoms with Crippen molar-refractivity contribution in [2.75, 3.05) is 12.4 Å². The van der Waals surface area contributed by atoms with Crippen molar-refractivity contribution in [3.8, 4) is 16.9 Å². The number of pyridine rings is 1. The number of ether oxygens (including phenoxy) is 1. The van der Waals surface area contributed by atoms with Gasteiger partial charge in [0.2, 0.25) is 5.91 Å².